The van der Waals surface area contributed by atoms with Crippen molar-refractivity contribution < 1.29 is 4.79 Å². The summed E-state index contributed by atoms with van der Waals surface area (Å²) in [6, 6.07) is 4.52. The van der Waals surface area contributed by atoms with E-state index in [2.05, 4.69) is 10.3 Å². The van der Waals surface area contributed by atoms with Gasteiger partial charge in [-0.1, -0.05) is 18.5 Å². The van der Waals surface area contributed by atoms with Crippen LogP contribution in [0.1, 0.15) is 23.7 Å². The molecule has 1 heterocycles. The maximum Gasteiger partial charge on any atom is 0.252 e. The second kappa shape index (κ2) is 5.32. The van der Waals surface area contributed by atoms with Crippen molar-refractivity contribution in [3.05, 3.63) is 29.0 Å². The summed E-state index contributed by atoms with van der Waals surface area (Å²) in [5.41, 5.74) is 0.406. The van der Waals surface area contributed by atoms with Crippen molar-refractivity contribution in [2.45, 2.75) is 19.4 Å². The predicted molar refractivity (Wildman–Crippen MR) is 56.4 cm³/mol. The lowest BCUT2D eigenvalue weighted by Crippen LogP contribution is -2.33. The van der Waals surface area contributed by atoms with Crippen LogP contribution in [0.25, 0.3) is 0 Å². The number of rotatable bonds is 3. The fourth-order valence-corrected chi connectivity index (χ4v) is 1.18. The van der Waals surface area contributed by atoms with Crippen molar-refractivity contribution in [2.75, 3.05) is 0 Å². The highest BCUT2D eigenvalue weighted by atomic mass is 35.5. The monoisotopic (exact) mass is 223 g/mol. The zero-order chi connectivity index (χ0) is 11.3. The van der Waals surface area contributed by atoms with E-state index in [9.17, 15) is 4.79 Å². The van der Waals surface area contributed by atoms with Crippen molar-refractivity contribution in [1.82, 2.24) is 10.3 Å². The molecule has 0 aliphatic carbocycles. The van der Waals surface area contributed by atoms with Crippen molar-refractivity contribution in [3.8, 4) is 6.07 Å². The molecule has 1 unspecified atom stereocenters. The van der Waals surface area contributed by atoms with E-state index in [1.165, 1.54) is 12.3 Å². The van der Waals surface area contributed by atoms with Gasteiger partial charge in [0, 0.05) is 11.8 Å². The first-order valence-electron chi connectivity index (χ1n) is 4.49. The Hall–Kier alpha value is -1.60. The van der Waals surface area contributed by atoms with Crippen LogP contribution in [-0.4, -0.2) is 16.9 Å². The Balaban J connectivity index is 2.74. The number of nitrogens with one attached hydrogen (secondary N) is 1. The number of amides is 1. The number of carbonyl (C=O) groups excluding carboxylic acids is 1. The van der Waals surface area contributed by atoms with E-state index in [0.717, 1.165) is 0 Å². The molecule has 1 N–H and O–H groups in total. The lowest BCUT2D eigenvalue weighted by Gasteiger charge is -2.08. The van der Waals surface area contributed by atoms with Crippen LogP contribution in [0, 0.1) is 11.3 Å². The second-order valence-corrected chi connectivity index (χ2v) is 3.32. The molecule has 0 radical (unpaired) electrons. The minimum atomic E-state index is -0.468. The predicted octanol–water partition coefficient (Wildman–Crippen LogP) is 1.77. The van der Waals surface area contributed by atoms with Crippen LogP contribution in [0.3, 0.4) is 0 Å². The van der Waals surface area contributed by atoms with E-state index in [-0.39, 0.29) is 11.1 Å². The van der Waals surface area contributed by atoms with Crippen LogP contribution < -0.4 is 5.32 Å². The summed E-state index contributed by atoms with van der Waals surface area (Å²) in [4.78, 5) is 15.3. The number of pyridine rings is 1. The van der Waals surface area contributed by atoms with Gasteiger partial charge >= 0.3 is 0 Å². The average Bonchev–Trinajstić information content (AvgIpc) is 2.25. The molecule has 15 heavy (non-hydrogen) atoms. The zero-order valence-electron chi connectivity index (χ0n) is 8.20. The Morgan fingerprint density at radius 2 is 2.53 bits per heavy atom. The first-order chi connectivity index (χ1) is 7.17. The highest BCUT2D eigenvalue weighted by Crippen LogP contribution is 2.07. The molecule has 5 heteroatoms. The summed E-state index contributed by atoms with van der Waals surface area (Å²) >= 11 is 5.64. The van der Waals surface area contributed by atoms with Gasteiger partial charge < -0.3 is 5.32 Å². The van der Waals surface area contributed by atoms with Crippen molar-refractivity contribution in [1.29, 1.82) is 5.26 Å². The molecular weight excluding hydrogens is 214 g/mol. The molecule has 1 amide bonds. The number of nitriles is 1. The Morgan fingerprint density at radius 1 is 1.80 bits per heavy atom. The van der Waals surface area contributed by atoms with E-state index in [0.29, 0.717) is 12.0 Å². The molecule has 1 atom stereocenters. The third-order valence-corrected chi connectivity index (χ3v) is 2.06. The SMILES string of the molecule is CCC(C#N)NC(=O)c1ccnc(Cl)c1. The smallest absolute Gasteiger partial charge is 0.252 e. The molecule has 0 aliphatic rings. The molecule has 78 valence electrons. The van der Waals surface area contributed by atoms with E-state index < -0.39 is 6.04 Å². The molecule has 0 bridgehead atoms. The topological polar surface area (TPSA) is 65.8 Å². The van der Waals surface area contributed by atoms with Crippen LogP contribution >= 0.6 is 11.6 Å². The van der Waals surface area contributed by atoms with Crippen LogP contribution in [0.15, 0.2) is 18.3 Å². The number of carbonyl (C=O) groups is 1. The van der Waals surface area contributed by atoms with Gasteiger partial charge in [0.05, 0.1) is 6.07 Å². The Kier molecular flexibility index (Phi) is 4.07. The van der Waals surface area contributed by atoms with Crippen LogP contribution in [-0.2, 0) is 0 Å². The molecule has 0 saturated carbocycles. The third-order valence-electron chi connectivity index (χ3n) is 1.86. The zero-order valence-corrected chi connectivity index (χ0v) is 8.95. The van der Waals surface area contributed by atoms with Gasteiger partial charge in [-0.25, -0.2) is 4.98 Å². The first-order valence-corrected chi connectivity index (χ1v) is 4.87. The molecule has 1 aromatic heterocycles. The van der Waals surface area contributed by atoms with E-state index in [4.69, 9.17) is 16.9 Å². The van der Waals surface area contributed by atoms with E-state index in [1.54, 1.807) is 6.07 Å². The average molecular weight is 224 g/mol. The maximum atomic E-state index is 11.6. The highest BCUT2D eigenvalue weighted by Gasteiger charge is 2.11. The third kappa shape index (κ3) is 3.22. The van der Waals surface area contributed by atoms with E-state index >= 15 is 0 Å². The Labute approximate surface area is 92.9 Å². The van der Waals surface area contributed by atoms with Crippen LogP contribution in [0.4, 0.5) is 0 Å². The summed E-state index contributed by atoms with van der Waals surface area (Å²) < 4.78 is 0. The van der Waals surface area contributed by atoms with Gasteiger partial charge in [0.15, 0.2) is 0 Å². The molecule has 0 fully saturated rings. The van der Waals surface area contributed by atoms with Gasteiger partial charge in [-0.2, -0.15) is 5.26 Å². The number of aromatic nitrogens is 1. The lowest BCUT2D eigenvalue weighted by molar-refractivity contribution is 0.0944. The van der Waals surface area contributed by atoms with Gasteiger partial charge in [0.2, 0.25) is 0 Å². The molecule has 4 nitrogen and oxygen atoms in total. The lowest BCUT2D eigenvalue weighted by atomic mass is 10.2. The van der Waals surface area contributed by atoms with Gasteiger partial charge in [-0.15, -0.1) is 0 Å². The maximum absolute atomic E-state index is 11.6. The second-order valence-electron chi connectivity index (χ2n) is 2.93. The minimum absolute atomic E-state index is 0.257. The number of hydrogen-bond donors (Lipinski definition) is 1. The number of halogens is 1. The molecule has 0 saturated heterocycles. The van der Waals surface area contributed by atoms with Crippen molar-refractivity contribution >= 4 is 17.5 Å². The number of nitrogens with zero attached hydrogens (tertiary/aromatic N) is 2. The first kappa shape index (κ1) is 11.5. The van der Waals surface area contributed by atoms with Gasteiger partial charge in [0.1, 0.15) is 11.2 Å². The van der Waals surface area contributed by atoms with Crippen molar-refractivity contribution in [2.24, 2.45) is 0 Å². The molecular formula is C10H10ClN3O. The van der Waals surface area contributed by atoms with E-state index in [1.807, 2.05) is 13.0 Å². The van der Waals surface area contributed by atoms with Gasteiger partial charge in [0.25, 0.3) is 5.91 Å². The molecule has 1 aromatic rings. The minimum Gasteiger partial charge on any atom is -0.336 e. The normalized spacial score (nSPS) is 11.5. The standard InChI is InChI=1S/C10H10ClN3O/c1-2-8(6-12)14-10(15)7-3-4-13-9(11)5-7/h3-5,8H,2H2,1H3,(H,14,15). The van der Waals surface area contributed by atoms with Crippen LogP contribution in [0.2, 0.25) is 5.15 Å². The molecule has 0 spiro atoms. The largest absolute Gasteiger partial charge is 0.336 e. The molecule has 0 aromatic carbocycles. The summed E-state index contributed by atoms with van der Waals surface area (Å²) in [5, 5.41) is 11.5. The molecule has 1 rings (SSSR count). The summed E-state index contributed by atoms with van der Waals surface area (Å²) in [5.74, 6) is -0.312. The fourth-order valence-electron chi connectivity index (χ4n) is 1.01. The molecule has 0 aliphatic heterocycles. The Morgan fingerprint density at radius 3 is 3.07 bits per heavy atom. The summed E-state index contributed by atoms with van der Waals surface area (Å²) in [6.45, 7) is 1.83. The Bertz CT molecular complexity index is 400. The van der Waals surface area contributed by atoms with Gasteiger partial charge in [-0.3, -0.25) is 4.79 Å². The van der Waals surface area contributed by atoms with Crippen LogP contribution in [0.5, 0.6) is 0 Å². The summed E-state index contributed by atoms with van der Waals surface area (Å²) in [6.07, 6.45) is 2.02. The highest BCUT2D eigenvalue weighted by molar-refractivity contribution is 6.29. The fraction of sp³-hybridized carbons (Fsp3) is 0.300. The van der Waals surface area contributed by atoms with Crippen molar-refractivity contribution in [3.63, 3.8) is 0 Å². The summed E-state index contributed by atoms with van der Waals surface area (Å²) in [7, 11) is 0. The van der Waals surface area contributed by atoms with Gasteiger partial charge in [-0.05, 0) is 18.6 Å². The number of hydrogen-bond acceptors (Lipinski definition) is 3. The quantitative estimate of drug-likeness (QED) is 0.795.